The molecule has 0 saturated carbocycles. The van der Waals surface area contributed by atoms with E-state index in [9.17, 15) is 12.8 Å². The van der Waals surface area contributed by atoms with E-state index in [0.29, 0.717) is 17.0 Å². The van der Waals surface area contributed by atoms with Gasteiger partial charge in [0.1, 0.15) is 17.3 Å². The van der Waals surface area contributed by atoms with Crippen molar-refractivity contribution in [1.82, 2.24) is 4.98 Å². The van der Waals surface area contributed by atoms with E-state index in [-0.39, 0.29) is 22.4 Å². The van der Waals surface area contributed by atoms with Crippen molar-refractivity contribution < 1.29 is 22.0 Å². The molecule has 0 aliphatic heterocycles. The summed E-state index contributed by atoms with van der Waals surface area (Å²) in [6.07, 6.45) is -0.622. The molecule has 3 aromatic carbocycles. The van der Waals surface area contributed by atoms with Gasteiger partial charge in [0.05, 0.1) is 4.90 Å². The number of hydrogen-bond donors (Lipinski definition) is 1. The summed E-state index contributed by atoms with van der Waals surface area (Å²) in [5.74, 6) is 0.576. The van der Waals surface area contributed by atoms with Crippen molar-refractivity contribution >= 4 is 10.0 Å². The minimum atomic E-state index is -4.00. The Bertz CT molecular complexity index is 1300. The third-order valence-corrected chi connectivity index (χ3v) is 5.57. The van der Waals surface area contributed by atoms with Crippen LogP contribution in [0.1, 0.15) is 18.9 Å². The summed E-state index contributed by atoms with van der Waals surface area (Å²) in [6.45, 7) is 1.74. The van der Waals surface area contributed by atoms with Crippen LogP contribution in [0.25, 0.3) is 22.6 Å². The molecule has 8 heteroatoms. The van der Waals surface area contributed by atoms with Gasteiger partial charge in [0.25, 0.3) is 0 Å². The summed E-state index contributed by atoms with van der Waals surface area (Å²) < 4.78 is 49.3. The number of ether oxygens (including phenoxy) is 1. The highest BCUT2D eigenvalue weighted by Crippen LogP contribution is 2.37. The van der Waals surface area contributed by atoms with Gasteiger partial charge in [-0.3, -0.25) is 0 Å². The molecule has 0 spiro atoms. The summed E-state index contributed by atoms with van der Waals surface area (Å²) in [5.41, 5.74) is 1.50. The number of nitrogens with two attached hydrogens (primary N) is 1. The fraction of sp³-hybridized carbons (Fsp3) is 0.0870. The van der Waals surface area contributed by atoms with E-state index in [1.807, 2.05) is 30.3 Å². The smallest absolute Gasteiger partial charge is 0.238 e. The highest BCUT2D eigenvalue weighted by atomic mass is 32.2. The van der Waals surface area contributed by atoms with Crippen LogP contribution in [-0.4, -0.2) is 13.4 Å². The molecule has 4 rings (SSSR count). The maximum absolute atomic E-state index is 13.2. The molecule has 1 heterocycles. The van der Waals surface area contributed by atoms with Gasteiger partial charge < -0.3 is 9.15 Å². The van der Waals surface area contributed by atoms with E-state index < -0.39 is 16.1 Å². The molecule has 0 fully saturated rings. The number of halogens is 1. The van der Waals surface area contributed by atoms with Crippen molar-refractivity contribution in [3.05, 3.63) is 90.6 Å². The highest BCUT2D eigenvalue weighted by molar-refractivity contribution is 7.89. The monoisotopic (exact) mass is 438 g/mol. The van der Waals surface area contributed by atoms with Crippen molar-refractivity contribution in [2.45, 2.75) is 17.9 Å². The number of oxazole rings is 1. The average Bonchev–Trinajstić information content (AvgIpc) is 3.21. The van der Waals surface area contributed by atoms with Crippen molar-refractivity contribution in [2.24, 2.45) is 5.14 Å². The Hall–Kier alpha value is -3.49. The number of primary sulfonamides is 1. The molecule has 2 N–H and O–H groups in total. The predicted octanol–water partition coefficient (Wildman–Crippen LogP) is 4.94. The summed E-state index contributed by atoms with van der Waals surface area (Å²) >= 11 is 0. The minimum absolute atomic E-state index is 0.0676. The summed E-state index contributed by atoms with van der Waals surface area (Å²) in [5, 5.41) is 5.42. The van der Waals surface area contributed by atoms with Crippen molar-refractivity contribution in [3.8, 4) is 28.3 Å². The maximum atomic E-state index is 13.2. The normalized spacial score (nSPS) is 12.5. The van der Waals surface area contributed by atoms with E-state index >= 15 is 0 Å². The quantitative estimate of drug-likeness (QED) is 0.460. The molecule has 0 saturated heterocycles. The topological polar surface area (TPSA) is 95.4 Å². The molecule has 6 nitrogen and oxygen atoms in total. The molecule has 0 aliphatic rings. The van der Waals surface area contributed by atoms with Gasteiger partial charge in [-0.05, 0) is 43.3 Å². The van der Waals surface area contributed by atoms with Crippen LogP contribution >= 0.6 is 0 Å². The first-order chi connectivity index (χ1) is 14.8. The zero-order valence-electron chi connectivity index (χ0n) is 16.5. The van der Waals surface area contributed by atoms with Crippen LogP contribution in [0.15, 0.2) is 88.2 Å². The van der Waals surface area contributed by atoms with Gasteiger partial charge in [0.15, 0.2) is 11.9 Å². The van der Waals surface area contributed by atoms with Gasteiger partial charge >= 0.3 is 0 Å². The number of benzene rings is 3. The Morgan fingerprint density at radius 3 is 2.29 bits per heavy atom. The Balaban J connectivity index is 1.82. The van der Waals surface area contributed by atoms with E-state index in [1.165, 1.54) is 30.3 Å². The first-order valence-electron chi connectivity index (χ1n) is 9.43. The van der Waals surface area contributed by atoms with Crippen LogP contribution in [0.5, 0.6) is 5.75 Å². The summed E-state index contributed by atoms with van der Waals surface area (Å²) in [6, 6.07) is 21.1. The Morgan fingerprint density at radius 1 is 0.968 bits per heavy atom. The third-order valence-electron chi connectivity index (χ3n) is 4.60. The van der Waals surface area contributed by atoms with Gasteiger partial charge in [0.2, 0.25) is 15.9 Å². The number of sulfonamides is 1. The molecule has 1 aromatic heterocycles. The Labute approximate surface area is 179 Å². The van der Waals surface area contributed by atoms with Gasteiger partial charge in [-0.1, -0.05) is 42.5 Å². The van der Waals surface area contributed by atoms with E-state index in [1.54, 1.807) is 25.1 Å². The van der Waals surface area contributed by atoms with E-state index in [4.69, 9.17) is 14.3 Å². The number of aromatic nitrogens is 1. The van der Waals surface area contributed by atoms with Crippen LogP contribution in [0.2, 0.25) is 0 Å². The SMILES string of the molecule is CC(Oc1ccc(F)cc1)c1nc(-c2ccccc2)c(-c2ccccc2S(N)(=O)=O)o1. The van der Waals surface area contributed by atoms with E-state index in [2.05, 4.69) is 4.98 Å². The first-order valence-corrected chi connectivity index (χ1v) is 11.0. The Kier molecular flexibility index (Phi) is 5.58. The minimum Gasteiger partial charge on any atom is -0.481 e. The molecule has 0 radical (unpaired) electrons. The molecule has 0 bridgehead atoms. The zero-order chi connectivity index (χ0) is 22.0. The second-order valence-corrected chi connectivity index (χ2v) is 8.38. The zero-order valence-corrected chi connectivity index (χ0v) is 17.3. The van der Waals surface area contributed by atoms with Crippen molar-refractivity contribution in [3.63, 3.8) is 0 Å². The standard InChI is InChI=1S/C23H19FN2O4S/c1-15(29-18-13-11-17(24)12-14-18)23-26-21(16-7-3-2-4-8-16)22(30-23)19-9-5-6-10-20(19)31(25,27)28/h2-15H,1H3,(H2,25,27,28). The molecule has 0 aliphatic carbocycles. The lowest BCUT2D eigenvalue weighted by molar-refractivity contribution is 0.189. The van der Waals surface area contributed by atoms with Crippen LogP contribution in [-0.2, 0) is 10.0 Å². The van der Waals surface area contributed by atoms with Gasteiger partial charge in [-0.2, -0.15) is 0 Å². The second-order valence-electron chi connectivity index (χ2n) is 6.85. The maximum Gasteiger partial charge on any atom is 0.238 e. The average molecular weight is 438 g/mol. The fourth-order valence-corrected chi connectivity index (χ4v) is 3.89. The predicted molar refractivity (Wildman–Crippen MR) is 114 cm³/mol. The largest absolute Gasteiger partial charge is 0.481 e. The molecule has 0 amide bonds. The lowest BCUT2D eigenvalue weighted by Gasteiger charge is -2.11. The van der Waals surface area contributed by atoms with Crippen LogP contribution < -0.4 is 9.88 Å². The van der Waals surface area contributed by atoms with Crippen molar-refractivity contribution in [2.75, 3.05) is 0 Å². The van der Waals surface area contributed by atoms with E-state index in [0.717, 1.165) is 5.56 Å². The lowest BCUT2D eigenvalue weighted by atomic mass is 10.1. The first kappa shape index (κ1) is 20.8. The highest BCUT2D eigenvalue weighted by Gasteiger charge is 2.25. The van der Waals surface area contributed by atoms with Crippen LogP contribution in [0.4, 0.5) is 4.39 Å². The fourth-order valence-electron chi connectivity index (χ4n) is 3.15. The molecule has 1 atom stereocenters. The van der Waals surface area contributed by atoms with Crippen LogP contribution in [0, 0.1) is 5.82 Å². The molecular weight excluding hydrogens is 419 g/mol. The molecule has 4 aromatic rings. The van der Waals surface area contributed by atoms with Crippen molar-refractivity contribution in [1.29, 1.82) is 0 Å². The molecular formula is C23H19FN2O4S. The number of rotatable bonds is 6. The number of hydrogen-bond acceptors (Lipinski definition) is 5. The Morgan fingerprint density at radius 2 is 1.61 bits per heavy atom. The molecule has 1 unspecified atom stereocenters. The second kappa shape index (κ2) is 8.33. The van der Waals surface area contributed by atoms with Gasteiger partial charge in [-0.25, -0.2) is 22.9 Å². The third kappa shape index (κ3) is 4.50. The molecule has 31 heavy (non-hydrogen) atoms. The summed E-state index contributed by atoms with van der Waals surface area (Å²) in [7, 11) is -4.00. The number of nitrogens with zero attached hydrogens (tertiary/aromatic N) is 1. The van der Waals surface area contributed by atoms with Gasteiger partial charge in [-0.15, -0.1) is 0 Å². The summed E-state index contributed by atoms with van der Waals surface area (Å²) in [4.78, 5) is 4.52. The van der Waals surface area contributed by atoms with Gasteiger partial charge in [0, 0.05) is 11.1 Å². The molecule has 158 valence electrons. The lowest BCUT2D eigenvalue weighted by Crippen LogP contribution is -2.13. The van der Waals surface area contributed by atoms with Crippen LogP contribution in [0.3, 0.4) is 0 Å².